The minimum Gasteiger partial charge on any atom is -0.508 e. The fourth-order valence-electron chi connectivity index (χ4n) is 5.58. The van der Waals surface area contributed by atoms with Crippen LogP contribution in [0, 0.1) is 0 Å². The number of benzene rings is 4. The van der Waals surface area contributed by atoms with Gasteiger partial charge in [0, 0.05) is 12.5 Å². The fraction of sp³-hybridized carbons (Fsp3) is 0.176. The lowest BCUT2D eigenvalue weighted by atomic mass is 9.83. The third-order valence-electron chi connectivity index (χ3n) is 7.65. The Bertz CT molecular complexity index is 1770. The van der Waals surface area contributed by atoms with E-state index in [0.29, 0.717) is 11.5 Å². The van der Waals surface area contributed by atoms with Gasteiger partial charge >= 0.3 is 10.1 Å². The van der Waals surface area contributed by atoms with Crippen LogP contribution in [0.25, 0.3) is 23.3 Å². The van der Waals surface area contributed by atoms with Crippen molar-refractivity contribution >= 4 is 33.4 Å². The molecule has 4 aromatic carbocycles. The zero-order chi connectivity index (χ0) is 30.1. The first-order valence-electron chi connectivity index (χ1n) is 13.7. The van der Waals surface area contributed by atoms with Crippen molar-refractivity contribution in [2.75, 3.05) is 14.2 Å². The summed E-state index contributed by atoms with van der Waals surface area (Å²) in [5.41, 5.74) is 4.92. The van der Waals surface area contributed by atoms with Crippen LogP contribution in [-0.2, 0) is 14.9 Å². The number of phenolic OH excluding ortho intramolecular Hbond substituents is 2. The molecule has 0 amide bonds. The van der Waals surface area contributed by atoms with Crippen molar-refractivity contribution in [1.82, 2.24) is 0 Å². The van der Waals surface area contributed by atoms with E-state index >= 15 is 0 Å². The molecule has 1 fully saturated rings. The lowest BCUT2D eigenvalue weighted by Crippen LogP contribution is -2.35. The van der Waals surface area contributed by atoms with Gasteiger partial charge in [-0.25, -0.2) is 0 Å². The summed E-state index contributed by atoms with van der Waals surface area (Å²) in [6, 6.07) is 25.7. The number of aromatic hydroxyl groups is 2. The number of hydrogen-bond acceptors (Lipinski definition) is 8. The summed E-state index contributed by atoms with van der Waals surface area (Å²) < 4.78 is 49.7. The predicted octanol–water partition coefficient (Wildman–Crippen LogP) is 6.14. The minimum absolute atomic E-state index is 0.105. The van der Waals surface area contributed by atoms with Gasteiger partial charge in [0.2, 0.25) is 0 Å². The van der Waals surface area contributed by atoms with Gasteiger partial charge in [-0.05, 0) is 81.9 Å². The summed E-state index contributed by atoms with van der Waals surface area (Å²) in [5, 5.41) is 18.7. The molecule has 0 spiro atoms. The maximum atomic E-state index is 13.6. The zero-order valence-electron chi connectivity index (χ0n) is 23.5. The van der Waals surface area contributed by atoms with Gasteiger partial charge in [0.1, 0.15) is 40.1 Å². The van der Waals surface area contributed by atoms with Gasteiger partial charge in [-0.2, -0.15) is 8.42 Å². The Balaban J connectivity index is 1.23. The summed E-state index contributed by atoms with van der Waals surface area (Å²) in [6.45, 7) is 0. The predicted molar refractivity (Wildman–Crippen MR) is 165 cm³/mol. The van der Waals surface area contributed by atoms with E-state index < -0.39 is 27.6 Å². The van der Waals surface area contributed by atoms with Gasteiger partial charge in [-0.1, -0.05) is 48.6 Å². The SMILES string of the molecule is COc1cc(C=Cc2ccc(OS(=O)(=O)C3CC4OC3C(c3ccc(O)cc3)=C4c3ccc(O)cc3)cc2)cc(OC)c1. The quantitative estimate of drug-likeness (QED) is 0.175. The highest BCUT2D eigenvalue weighted by molar-refractivity contribution is 7.87. The largest absolute Gasteiger partial charge is 0.508 e. The van der Waals surface area contributed by atoms with Crippen LogP contribution < -0.4 is 13.7 Å². The Labute approximate surface area is 250 Å². The Kier molecular flexibility index (Phi) is 7.60. The molecule has 0 radical (unpaired) electrons. The Morgan fingerprint density at radius 3 is 1.79 bits per heavy atom. The van der Waals surface area contributed by atoms with E-state index in [1.165, 1.54) is 0 Å². The smallest absolute Gasteiger partial charge is 0.315 e. The monoisotopic (exact) mass is 598 g/mol. The molecule has 2 heterocycles. The normalized spacial score (nSPS) is 19.6. The number of phenols is 2. The third kappa shape index (κ3) is 5.82. The molecule has 2 N–H and O–H groups in total. The van der Waals surface area contributed by atoms with Gasteiger partial charge in [0.05, 0.1) is 20.3 Å². The van der Waals surface area contributed by atoms with Gasteiger partial charge in [0.25, 0.3) is 0 Å². The van der Waals surface area contributed by atoms with Crippen LogP contribution >= 0.6 is 0 Å². The van der Waals surface area contributed by atoms with Crippen LogP contribution in [0.3, 0.4) is 0 Å². The van der Waals surface area contributed by atoms with Crippen LogP contribution in [0.1, 0.15) is 28.7 Å². The van der Waals surface area contributed by atoms with E-state index in [9.17, 15) is 18.6 Å². The van der Waals surface area contributed by atoms with Gasteiger partial charge < -0.3 is 28.6 Å². The molecule has 2 aliphatic rings. The Hall–Kier alpha value is -4.73. The van der Waals surface area contributed by atoms with Crippen molar-refractivity contribution in [3.8, 4) is 28.7 Å². The highest BCUT2D eigenvalue weighted by atomic mass is 32.2. The van der Waals surface area contributed by atoms with Gasteiger partial charge in [0.15, 0.2) is 0 Å². The number of fused-ring (bicyclic) bond motifs is 2. The molecule has 2 bridgehead atoms. The maximum absolute atomic E-state index is 13.6. The summed E-state index contributed by atoms with van der Waals surface area (Å²) in [5.74, 6) is 1.80. The van der Waals surface area contributed by atoms with Crippen molar-refractivity contribution in [2.45, 2.75) is 23.9 Å². The van der Waals surface area contributed by atoms with E-state index in [-0.39, 0.29) is 23.7 Å². The molecule has 4 aromatic rings. The summed E-state index contributed by atoms with van der Waals surface area (Å²) in [7, 11) is -0.895. The Morgan fingerprint density at radius 2 is 1.23 bits per heavy atom. The van der Waals surface area contributed by atoms with Crippen molar-refractivity contribution in [2.24, 2.45) is 0 Å². The van der Waals surface area contributed by atoms with Crippen molar-refractivity contribution in [1.29, 1.82) is 0 Å². The Morgan fingerprint density at radius 1 is 0.698 bits per heavy atom. The maximum Gasteiger partial charge on any atom is 0.315 e. The second kappa shape index (κ2) is 11.5. The average molecular weight is 599 g/mol. The molecular weight excluding hydrogens is 568 g/mol. The standard InChI is InChI=1S/C34H30O8S/c1-39-28-17-22(18-29(19-28)40-2)4-3-21-5-15-27(16-6-21)42-43(37,38)31-20-30-32(23-7-11-25(35)12-8-23)33(34(31)41-30)24-9-13-26(36)14-10-24/h3-19,30-31,34-36H,20H2,1-2H3. The second-order valence-corrected chi connectivity index (χ2v) is 12.1. The molecule has 43 heavy (non-hydrogen) atoms. The molecule has 3 atom stereocenters. The molecule has 6 rings (SSSR count). The van der Waals surface area contributed by atoms with E-state index in [1.807, 2.05) is 24.3 Å². The molecule has 3 unspecified atom stereocenters. The molecule has 0 aliphatic carbocycles. The fourth-order valence-corrected chi connectivity index (χ4v) is 7.00. The third-order valence-corrected chi connectivity index (χ3v) is 9.26. The molecule has 2 aliphatic heterocycles. The number of hydrogen-bond donors (Lipinski definition) is 2. The van der Waals surface area contributed by atoms with Crippen molar-refractivity contribution in [3.05, 3.63) is 113 Å². The van der Waals surface area contributed by atoms with Crippen LogP contribution in [0.4, 0.5) is 0 Å². The number of ether oxygens (including phenoxy) is 3. The van der Waals surface area contributed by atoms with E-state index in [2.05, 4.69) is 0 Å². The molecular formula is C34H30O8S. The lowest BCUT2D eigenvalue weighted by Gasteiger charge is -2.24. The summed E-state index contributed by atoms with van der Waals surface area (Å²) in [6.07, 6.45) is 2.81. The number of rotatable bonds is 9. The molecule has 1 saturated heterocycles. The minimum atomic E-state index is -4.08. The highest BCUT2D eigenvalue weighted by Crippen LogP contribution is 2.51. The van der Waals surface area contributed by atoms with Crippen LogP contribution in [0.2, 0.25) is 0 Å². The summed E-state index contributed by atoms with van der Waals surface area (Å²) in [4.78, 5) is 0. The molecule has 220 valence electrons. The molecule has 8 nitrogen and oxygen atoms in total. The van der Waals surface area contributed by atoms with Crippen molar-refractivity contribution in [3.63, 3.8) is 0 Å². The molecule has 0 aromatic heterocycles. The first kappa shape index (κ1) is 28.4. The zero-order valence-corrected chi connectivity index (χ0v) is 24.3. The van der Waals surface area contributed by atoms with Gasteiger partial charge in [-0.15, -0.1) is 0 Å². The second-order valence-electron chi connectivity index (χ2n) is 10.4. The van der Waals surface area contributed by atoms with E-state index in [0.717, 1.165) is 33.4 Å². The summed E-state index contributed by atoms with van der Waals surface area (Å²) >= 11 is 0. The lowest BCUT2D eigenvalue weighted by molar-refractivity contribution is 0.128. The highest BCUT2D eigenvalue weighted by Gasteiger charge is 2.53. The van der Waals surface area contributed by atoms with Crippen LogP contribution in [0.5, 0.6) is 28.7 Å². The number of methoxy groups -OCH3 is 2. The average Bonchev–Trinajstić information content (AvgIpc) is 3.61. The van der Waals surface area contributed by atoms with Crippen LogP contribution in [0.15, 0.2) is 91.0 Å². The van der Waals surface area contributed by atoms with Crippen LogP contribution in [-0.4, -0.2) is 50.3 Å². The first-order chi connectivity index (χ1) is 20.7. The molecule has 9 heteroatoms. The van der Waals surface area contributed by atoms with Gasteiger partial charge in [-0.3, -0.25) is 0 Å². The molecule has 0 saturated carbocycles. The van der Waals surface area contributed by atoms with E-state index in [1.54, 1.807) is 93.1 Å². The topological polar surface area (TPSA) is 112 Å². The van der Waals surface area contributed by atoms with Crippen molar-refractivity contribution < 1.29 is 37.0 Å². The van der Waals surface area contributed by atoms with E-state index in [4.69, 9.17) is 18.4 Å². The first-order valence-corrected chi connectivity index (χ1v) is 15.1.